The Kier molecular flexibility index (Phi) is 7.78. The zero-order valence-corrected chi connectivity index (χ0v) is 21.7. The molecule has 2 nitrogen and oxygen atoms in total. The summed E-state index contributed by atoms with van der Waals surface area (Å²) in [5, 5.41) is 0. The first-order valence-electron chi connectivity index (χ1n) is 13.1. The number of likely N-dealkylation sites (tertiary alicyclic amines) is 1. The molecule has 3 aromatic carbocycles. The van der Waals surface area contributed by atoms with Crippen molar-refractivity contribution in [1.82, 2.24) is 4.90 Å². The van der Waals surface area contributed by atoms with Crippen molar-refractivity contribution < 1.29 is 4.74 Å². The van der Waals surface area contributed by atoms with Crippen molar-refractivity contribution in [3.63, 3.8) is 0 Å². The Morgan fingerprint density at radius 3 is 2.21 bits per heavy atom. The van der Waals surface area contributed by atoms with E-state index in [1.165, 1.54) is 34.2 Å². The number of benzene rings is 3. The van der Waals surface area contributed by atoms with Gasteiger partial charge in [-0.05, 0) is 52.6 Å². The van der Waals surface area contributed by atoms with Crippen LogP contribution in [0.15, 0.2) is 72.8 Å². The molecule has 2 heteroatoms. The minimum atomic E-state index is 0.247. The number of aryl methyl sites for hydroxylation is 1. The summed E-state index contributed by atoms with van der Waals surface area (Å²) in [6, 6.07) is 26.6. The van der Waals surface area contributed by atoms with Gasteiger partial charge in [-0.25, -0.2) is 0 Å². The van der Waals surface area contributed by atoms with Gasteiger partial charge in [-0.2, -0.15) is 0 Å². The number of hydrogen-bond acceptors (Lipinski definition) is 2. The summed E-state index contributed by atoms with van der Waals surface area (Å²) in [4.78, 5) is 2.64. The van der Waals surface area contributed by atoms with Crippen molar-refractivity contribution in [3.05, 3.63) is 101 Å². The van der Waals surface area contributed by atoms with Gasteiger partial charge < -0.3 is 4.74 Å². The van der Waals surface area contributed by atoms with Crippen LogP contribution in [0.2, 0.25) is 0 Å². The standard InChI is InChI=1S/C30H35NO.C2H6/c1-4-30(3)21-31(19-23-10-6-5-7-11-23)20-28(30)26-15-14-22(2)29(18-26)32-27-16-24-12-8-9-13-25(24)17-27;1-2/h5-15,18,27-28H,4,16-17,19-21H2,1-3H3;1-2H3. The van der Waals surface area contributed by atoms with Gasteiger partial charge in [0.25, 0.3) is 0 Å². The van der Waals surface area contributed by atoms with E-state index in [9.17, 15) is 0 Å². The van der Waals surface area contributed by atoms with E-state index in [1.807, 2.05) is 13.8 Å². The van der Waals surface area contributed by atoms with E-state index in [0.717, 1.165) is 38.2 Å². The van der Waals surface area contributed by atoms with Crippen LogP contribution in [0.1, 0.15) is 67.9 Å². The molecule has 3 aromatic rings. The maximum Gasteiger partial charge on any atom is 0.122 e. The lowest BCUT2D eigenvalue weighted by Gasteiger charge is -2.30. The van der Waals surface area contributed by atoms with Crippen LogP contribution in [-0.4, -0.2) is 24.1 Å². The van der Waals surface area contributed by atoms with Gasteiger partial charge in [-0.15, -0.1) is 0 Å². The van der Waals surface area contributed by atoms with E-state index in [0.29, 0.717) is 5.92 Å². The maximum atomic E-state index is 6.60. The van der Waals surface area contributed by atoms with Crippen LogP contribution in [0.25, 0.3) is 0 Å². The van der Waals surface area contributed by atoms with Crippen LogP contribution >= 0.6 is 0 Å². The predicted octanol–water partition coefficient (Wildman–Crippen LogP) is 7.58. The quantitative estimate of drug-likeness (QED) is 0.380. The number of hydrogen-bond donors (Lipinski definition) is 0. The average molecular weight is 456 g/mol. The molecule has 1 fully saturated rings. The Balaban J connectivity index is 0.00000133. The molecular formula is C32H41NO. The first-order chi connectivity index (χ1) is 16.5. The molecule has 0 spiro atoms. The van der Waals surface area contributed by atoms with Crippen LogP contribution in [0.4, 0.5) is 0 Å². The average Bonchev–Trinajstić information content (AvgIpc) is 3.43. The summed E-state index contributed by atoms with van der Waals surface area (Å²) in [6.07, 6.45) is 3.46. The number of ether oxygens (including phenoxy) is 1. The highest BCUT2D eigenvalue weighted by molar-refractivity contribution is 5.41. The van der Waals surface area contributed by atoms with Gasteiger partial charge in [-0.3, -0.25) is 4.90 Å². The van der Waals surface area contributed by atoms with Crippen molar-refractivity contribution >= 4 is 0 Å². The molecule has 0 aromatic heterocycles. The molecule has 2 aliphatic rings. The highest BCUT2D eigenvalue weighted by atomic mass is 16.5. The lowest BCUT2D eigenvalue weighted by atomic mass is 9.74. The molecule has 2 unspecified atom stereocenters. The number of nitrogens with zero attached hydrogens (tertiary/aromatic N) is 1. The van der Waals surface area contributed by atoms with Crippen molar-refractivity contribution in [2.45, 2.75) is 72.4 Å². The lowest BCUT2D eigenvalue weighted by molar-refractivity contribution is 0.211. The van der Waals surface area contributed by atoms with Crippen molar-refractivity contribution in [1.29, 1.82) is 0 Å². The van der Waals surface area contributed by atoms with Crippen LogP contribution in [-0.2, 0) is 19.4 Å². The van der Waals surface area contributed by atoms with E-state index >= 15 is 0 Å². The molecule has 1 aliphatic carbocycles. The maximum absolute atomic E-state index is 6.60. The third-order valence-electron chi connectivity index (χ3n) is 7.85. The predicted molar refractivity (Wildman–Crippen MR) is 144 cm³/mol. The van der Waals surface area contributed by atoms with E-state index in [4.69, 9.17) is 4.74 Å². The number of fused-ring (bicyclic) bond motifs is 1. The molecule has 0 radical (unpaired) electrons. The van der Waals surface area contributed by atoms with E-state index < -0.39 is 0 Å². The van der Waals surface area contributed by atoms with E-state index in [2.05, 4.69) is 98.5 Å². The van der Waals surface area contributed by atoms with Gasteiger partial charge in [-0.1, -0.05) is 94.4 Å². The molecular weight excluding hydrogens is 414 g/mol. The molecule has 0 amide bonds. The summed E-state index contributed by atoms with van der Waals surface area (Å²) in [5.74, 6) is 1.60. The van der Waals surface area contributed by atoms with Gasteiger partial charge in [0.15, 0.2) is 0 Å². The summed E-state index contributed by atoms with van der Waals surface area (Å²) in [6.45, 7) is 14.3. The second-order valence-electron chi connectivity index (χ2n) is 10.2. The monoisotopic (exact) mass is 455 g/mol. The van der Waals surface area contributed by atoms with Crippen LogP contribution < -0.4 is 4.74 Å². The fourth-order valence-corrected chi connectivity index (χ4v) is 5.73. The summed E-state index contributed by atoms with van der Waals surface area (Å²) < 4.78 is 6.60. The molecule has 180 valence electrons. The Hall–Kier alpha value is -2.58. The van der Waals surface area contributed by atoms with Crippen molar-refractivity contribution in [3.8, 4) is 5.75 Å². The molecule has 0 N–H and O–H groups in total. The lowest BCUT2D eigenvalue weighted by Crippen LogP contribution is -2.25. The first kappa shape index (κ1) is 24.5. The fraction of sp³-hybridized carbons (Fsp3) is 0.438. The highest BCUT2D eigenvalue weighted by Crippen LogP contribution is 2.46. The smallest absolute Gasteiger partial charge is 0.122 e. The highest BCUT2D eigenvalue weighted by Gasteiger charge is 2.42. The molecule has 0 bridgehead atoms. The molecule has 5 rings (SSSR count). The van der Waals surface area contributed by atoms with Gasteiger partial charge in [0.1, 0.15) is 11.9 Å². The molecule has 0 saturated carbocycles. The Bertz CT molecular complexity index is 1050. The molecule has 2 atom stereocenters. The van der Waals surface area contributed by atoms with Crippen LogP contribution in [0, 0.1) is 12.3 Å². The minimum absolute atomic E-state index is 0.247. The third-order valence-corrected chi connectivity index (χ3v) is 7.85. The normalized spacial score (nSPS) is 22.2. The molecule has 1 heterocycles. The summed E-state index contributed by atoms with van der Waals surface area (Å²) >= 11 is 0. The molecule has 1 aliphatic heterocycles. The third kappa shape index (κ3) is 5.23. The zero-order chi connectivity index (χ0) is 24.1. The Morgan fingerprint density at radius 2 is 1.56 bits per heavy atom. The second-order valence-corrected chi connectivity index (χ2v) is 10.2. The largest absolute Gasteiger partial charge is 0.489 e. The Labute approximate surface area is 207 Å². The Morgan fingerprint density at radius 1 is 0.912 bits per heavy atom. The summed E-state index contributed by atoms with van der Waals surface area (Å²) in [5.41, 5.74) is 7.24. The van der Waals surface area contributed by atoms with Gasteiger partial charge in [0.2, 0.25) is 0 Å². The first-order valence-corrected chi connectivity index (χ1v) is 13.1. The van der Waals surface area contributed by atoms with E-state index in [1.54, 1.807) is 0 Å². The molecule has 34 heavy (non-hydrogen) atoms. The van der Waals surface area contributed by atoms with E-state index in [-0.39, 0.29) is 11.5 Å². The second kappa shape index (κ2) is 10.8. The van der Waals surface area contributed by atoms with Crippen LogP contribution in [0.5, 0.6) is 5.75 Å². The number of rotatable bonds is 6. The van der Waals surface area contributed by atoms with Crippen LogP contribution in [0.3, 0.4) is 0 Å². The summed E-state index contributed by atoms with van der Waals surface area (Å²) in [7, 11) is 0. The topological polar surface area (TPSA) is 12.5 Å². The van der Waals surface area contributed by atoms with Gasteiger partial charge in [0, 0.05) is 38.4 Å². The zero-order valence-electron chi connectivity index (χ0n) is 21.7. The van der Waals surface area contributed by atoms with Crippen molar-refractivity contribution in [2.75, 3.05) is 13.1 Å². The minimum Gasteiger partial charge on any atom is -0.489 e. The molecule has 1 saturated heterocycles. The fourth-order valence-electron chi connectivity index (χ4n) is 5.73. The van der Waals surface area contributed by atoms with Gasteiger partial charge >= 0.3 is 0 Å². The van der Waals surface area contributed by atoms with Gasteiger partial charge in [0.05, 0.1) is 0 Å². The SMILES string of the molecule is CC.CCC1(C)CN(Cc2ccccc2)CC1c1ccc(C)c(OC2Cc3ccccc3C2)c1. The van der Waals surface area contributed by atoms with Crippen molar-refractivity contribution in [2.24, 2.45) is 5.41 Å².